The number of anilines is 1. The maximum atomic E-state index is 13.8. The van der Waals surface area contributed by atoms with Gasteiger partial charge in [0.15, 0.2) is 0 Å². The van der Waals surface area contributed by atoms with Crippen LogP contribution in [0.15, 0.2) is 24.3 Å². The number of hydrogen-bond acceptors (Lipinski definition) is 2. The largest absolute Gasteiger partial charge is 0.337 e. The van der Waals surface area contributed by atoms with Gasteiger partial charge in [0, 0.05) is 13.0 Å². The molecule has 1 saturated heterocycles. The fraction of sp³-hybridized carbons (Fsp3) is 0.429. The van der Waals surface area contributed by atoms with Crippen molar-refractivity contribution >= 4 is 17.6 Å². The Labute approximate surface area is 110 Å². The van der Waals surface area contributed by atoms with E-state index >= 15 is 0 Å². The van der Waals surface area contributed by atoms with Crippen LogP contribution in [0.2, 0.25) is 0 Å². The third kappa shape index (κ3) is 1.99. The summed E-state index contributed by atoms with van der Waals surface area (Å²) in [6.45, 7) is 0.503. The lowest BCUT2D eigenvalue weighted by atomic mass is 9.66. The van der Waals surface area contributed by atoms with E-state index in [0.29, 0.717) is 13.0 Å². The number of carbonyl (C=O) groups excluding carboxylic acids is 2. The highest BCUT2D eigenvalue weighted by Crippen LogP contribution is 2.45. The molecule has 3 amide bonds. The van der Waals surface area contributed by atoms with Gasteiger partial charge in [0.2, 0.25) is 5.91 Å². The lowest BCUT2D eigenvalue weighted by molar-refractivity contribution is -0.121. The molecule has 2 aliphatic rings. The Morgan fingerprint density at radius 3 is 2.58 bits per heavy atom. The summed E-state index contributed by atoms with van der Waals surface area (Å²) in [5.74, 6) is -0.879. The Hall–Kier alpha value is -1.91. The van der Waals surface area contributed by atoms with Crippen LogP contribution in [0, 0.1) is 11.2 Å². The summed E-state index contributed by atoms with van der Waals surface area (Å²) in [5.41, 5.74) is -0.0754. The lowest BCUT2D eigenvalue weighted by Crippen LogP contribution is -2.42. The number of urea groups is 1. The molecule has 1 aliphatic heterocycles. The van der Waals surface area contributed by atoms with E-state index in [4.69, 9.17) is 0 Å². The zero-order valence-electron chi connectivity index (χ0n) is 10.5. The van der Waals surface area contributed by atoms with E-state index in [1.807, 2.05) is 0 Å². The van der Waals surface area contributed by atoms with Crippen LogP contribution in [0.25, 0.3) is 0 Å². The molecule has 3 rings (SSSR count). The zero-order valence-corrected chi connectivity index (χ0v) is 10.5. The predicted octanol–water partition coefficient (Wildman–Crippen LogP) is 2.44. The second-order valence-electron chi connectivity index (χ2n) is 5.37. The van der Waals surface area contributed by atoms with Gasteiger partial charge in [-0.15, -0.1) is 0 Å². The summed E-state index contributed by atoms with van der Waals surface area (Å²) in [6.07, 6.45) is 3.29. The molecule has 0 unspecified atom stereocenters. The number of halogens is 1. The van der Waals surface area contributed by atoms with Crippen molar-refractivity contribution in [3.05, 3.63) is 30.1 Å². The van der Waals surface area contributed by atoms with Gasteiger partial charge in [-0.3, -0.25) is 4.79 Å². The molecule has 1 aromatic rings. The van der Waals surface area contributed by atoms with Crippen molar-refractivity contribution in [3.8, 4) is 0 Å². The van der Waals surface area contributed by atoms with E-state index in [1.54, 1.807) is 6.07 Å². The standard InChI is InChI=1S/C14H15FN2O2/c15-10-4-1-2-5-11(10)17-12(18)8-14(6-3-7-14)9-16-13(17)19/h1-2,4-5H,3,6-9H2,(H,16,19). The Morgan fingerprint density at radius 2 is 1.95 bits per heavy atom. The van der Waals surface area contributed by atoms with E-state index in [2.05, 4.69) is 5.32 Å². The molecule has 5 heteroatoms. The fourth-order valence-corrected chi connectivity index (χ4v) is 2.82. The van der Waals surface area contributed by atoms with Gasteiger partial charge in [0.05, 0.1) is 5.69 Å². The summed E-state index contributed by atoms with van der Waals surface area (Å²) in [4.78, 5) is 25.2. The summed E-state index contributed by atoms with van der Waals surface area (Å²) in [6, 6.07) is 5.32. The molecule has 1 aliphatic carbocycles. The second-order valence-corrected chi connectivity index (χ2v) is 5.37. The quantitative estimate of drug-likeness (QED) is 0.845. The summed E-state index contributed by atoms with van der Waals surface area (Å²) >= 11 is 0. The fourth-order valence-electron chi connectivity index (χ4n) is 2.82. The summed E-state index contributed by atoms with van der Waals surface area (Å²) in [5, 5.41) is 2.74. The minimum Gasteiger partial charge on any atom is -0.337 e. The average Bonchev–Trinajstić information content (AvgIpc) is 2.47. The van der Waals surface area contributed by atoms with E-state index < -0.39 is 11.8 Å². The van der Waals surface area contributed by atoms with Crippen molar-refractivity contribution < 1.29 is 14.0 Å². The number of rotatable bonds is 1. The van der Waals surface area contributed by atoms with Gasteiger partial charge in [-0.1, -0.05) is 18.6 Å². The van der Waals surface area contributed by atoms with Gasteiger partial charge < -0.3 is 5.32 Å². The molecule has 1 saturated carbocycles. The molecule has 1 spiro atoms. The van der Waals surface area contributed by atoms with Gasteiger partial charge >= 0.3 is 6.03 Å². The van der Waals surface area contributed by atoms with Crippen LogP contribution >= 0.6 is 0 Å². The number of carbonyl (C=O) groups is 2. The molecular weight excluding hydrogens is 247 g/mol. The minimum atomic E-state index is -0.560. The number of imide groups is 1. The Bertz CT molecular complexity index is 540. The predicted molar refractivity (Wildman–Crippen MR) is 68.2 cm³/mol. The molecule has 0 radical (unpaired) electrons. The van der Waals surface area contributed by atoms with E-state index in [0.717, 1.165) is 24.2 Å². The molecule has 100 valence electrons. The molecule has 1 N–H and O–H groups in total. The van der Waals surface area contributed by atoms with Crippen LogP contribution in [0.5, 0.6) is 0 Å². The van der Waals surface area contributed by atoms with Crippen molar-refractivity contribution in [1.82, 2.24) is 5.32 Å². The zero-order chi connectivity index (χ0) is 13.5. The highest BCUT2D eigenvalue weighted by molar-refractivity contribution is 6.15. The molecule has 0 atom stereocenters. The van der Waals surface area contributed by atoms with Crippen LogP contribution < -0.4 is 10.2 Å². The van der Waals surface area contributed by atoms with Crippen molar-refractivity contribution in [3.63, 3.8) is 0 Å². The normalized spacial score (nSPS) is 21.8. The van der Waals surface area contributed by atoms with Gasteiger partial charge in [-0.2, -0.15) is 0 Å². The Balaban J connectivity index is 1.94. The molecule has 1 heterocycles. The van der Waals surface area contributed by atoms with Gasteiger partial charge in [0.1, 0.15) is 5.82 Å². The maximum Gasteiger partial charge on any atom is 0.328 e. The van der Waals surface area contributed by atoms with Crippen molar-refractivity contribution in [2.24, 2.45) is 5.41 Å². The molecule has 0 aromatic heterocycles. The second kappa shape index (κ2) is 4.33. The third-order valence-electron chi connectivity index (χ3n) is 4.10. The minimum absolute atomic E-state index is 0.0290. The number of nitrogens with zero attached hydrogens (tertiary/aromatic N) is 1. The molecular formula is C14H15FN2O2. The molecule has 0 bridgehead atoms. The lowest BCUT2D eigenvalue weighted by Gasteiger charge is -2.39. The first-order valence-corrected chi connectivity index (χ1v) is 6.47. The maximum absolute atomic E-state index is 13.8. The molecule has 19 heavy (non-hydrogen) atoms. The molecule has 2 fully saturated rings. The average molecular weight is 262 g/mol. The number of nitrogens with one attached hydrogen (secondary N) is 1. The Kier molecular flexibility index (Phi) is 2.77. The van der Waals surface area contributed by atoms with E-state index in [-0.39, 0.29) is 17.0 Å². The SMILES string of the molecule is O=C1CC2(CCC2)CNC(=O)N1c1ccccc1F. The third-order valence-corrected chi connectivity index (χ3v) is 4.10. The van der Waals surface area contributed by atoms with E-state index in [1.165, 1.54) is 18.2 Å². The van der Waals surface area contributed by atoms with Gasteiger partial charge in [-0.05, 0) is 30.4 Å². The number of para-hydroxylation sites is 1. The Morgan fingerprint density at radius 1 is 1.21 bits per heavy atom. The number of hydrogen-bond donors (Lipinski definition) is 1. The molecule has 4 nitrogen and oxygen atoms in total. The smallest absolute Gasteiger partial charge is 0.328 e. The number of benzene rings is 1. The van der Waals surface area contributed by atoms with Crippen LogP contribution in [0.4, 0.5) is 14.9 Å². The van der Waals surface area contributed by atoms with E-state index in [9.17, 15) is 14.0 Å². The van der Waals surface area contributed by atoms with Crippen LogP contribution in [0.1, 0.15) is 25.7 Å². The van der Waals surface area contributed by atoms with Crippen LogP contribution in [-0.4, -0.2) is 18.5 Å². The van der Waals surface area contributed by atoms with Crippen LogP contribution in [0.3, 0.4) is 0 Å². The highest BCUT2D eigenvalue weighted by Gasteiger charge is 2.44. The van der Waals surface area contributed by atoms with Gasteiger partial charge in [-0.25, -0.2) is 14.1 Å². The van der Waals surface area contributed by atoms with Crippen molar-refractivity contribution in [1.29, 1.82) is 0 Å². The highest BCUT2D eigenvalue weighted by atomic mass is 19.1. The summed E-state index contributed by atoms with van der Waals surface area (Å²) < 4.78 is 13.8. The van der Waals surface area contributed by atoms with Crippen molar-refractivity contribution in [2.45, 2.75) is 25.7 Å². The monoisotopic (exact) mass is 262 g/mol. The first-order chi connectivity index (χ1) is 9.11. The first-order valence-electron chi connectivity index (χ1n) is 6.47. The molecule has 1 aromatic carbocycles. The van der Waals surface area contributed by atoms with Gasteiger partial charge in [0.25, 0.3) is 0 Å². The summed E-state index contributed by atoms with van der Waals surface area (Å²) in [7, 11) is 0. The van der Waals surface area contributed by atoms with Crippen molar-refractivity contribution in [2.75, 3.05) is 11.4 Å². The number of amides is 3. The van der Waals surface area contributed by atoms with Crippen LogP contribution in [-0.2, 0) is 4.79 Å². The topological polar surface area (TPSA) is 49.4 Å². The first kappa shape index (κ1) is 12.1.